The van der Waals surface area contributed by atoms with Crippen LogP contribution >= 0.6 is 0 Å². The third kappa shape index (κ3) is 2.18. The van der Waals surface area contributed by atoms with Gasteiger partial charge in [-0.25, -0.2) is 9.18 Å². The van der Waals surface area contributed by atoms with Crippen molar-refractivity contribution in [2.75, 3.05) is 7.11 Å². The fourth-order valence-corrected chi connectivity index (χ4v) is 1.55. The van der Waals surface area contributed by atoms with Crippen LogP contribution in [0.1, 0.15) is 10.4 Å². The van der Waals surface area contributed by atoms with Crippen LogP contribution in [0.3, 0.4) is 0 Å². The van der Waals surface area contributed by atoms with Gasteiger partial charge in [-0.3, -0.25) is 4.68 Å². The van der Waals surface area contributed by atoms with E-state index in [1.54, 1.807) is 30.2 Å². The van der Waals surface area contributed by atoms with E-state index in [0.29, 0.717) is 11.1 Å². The fraction of sp³-hybridized carbons (Fsp3) is 0.167. The Morgan fingerprint density at radius 3 is 2.76 bits per heavy atom. The number of aryl methyl sites for hydroxylation is 1. The highest BCUT2D eigenvalue weighted by Gasteiger charge is 2.11. The normalized spacial score (nSPS) is 10.3. The van der Waals surface area contributed by atoms with E-state index < -0.39 is 11.8 Å². The van der Waals surface area contributed by atoms with E-state index in [1.165, 1.54) is 13.2 Å². The minimum Gasteiger partial charge on any atom is -0.465 e. The predicted octanol–water partition coefficient (Wildman–Crippen LogP) is 2.01. The number of esters is 1. The molecule has 4 nitrogen and oxygen atoms in total. The Kier molecular flexibility index (Phi) is 2.91. The van der Waals surface area contributed by atoms with Crippen LogP contribution in [-0.4, -0.2) is 22.9 Å². The van der Waals surface area contributed by atoms with Gasteiger partial charge < -0.3 is 4.74 Å². The Morgan fingerprint density at radius 1 is 1.47 bits per heavy atom. The molecular formula is C12H11FN2O2. The Balaban J connectivity index is 2.41. The van der Waals surface area contributed by atoms with E-state index in [1.807, 2.05) is 0 Å². The molecule has 0 unspecified atom stereocenters. The lowest BCUT2D eigenvalue weighted by Crippen LogP contribution is -2.01. The van der Waals surface area contributed by atoms with Crippen molar-refractivity contribution in [3.63, 3.8) is 0 Å². The van der Waals surface area contributed by atoms with Gasteiger partial charge in [0.1, 0.15) is 5.82 Å². The van der Waals surface area contributed by atoms with Gasteiger partial charge in [0.25, 0.3) is 0 Å². The molecule has 2 rings (SSSR count). The van der Waals surface area contributed by atoms with Gasteiger partial charge in [-0.15, -0.1) is 0 Å². The Bertz CT molecular complexity index is 563. The summed E-state index contributed by atoms with van der Waals surface area (Å²) in [6.07, 6.45) is 3.27. The smallest absolute Gasteiger partial charge is 0.337 e. The van der Waals surface area contributed by atoms with Crippen LogP contribution < -0.4 is 0 Å². The van der Waals surface area contributed by atoms with Gasteiger partial charge in [-0.2, -0.15) is 5.10 Å². The summed E-state index contributed by atoms with van der Waals surface area (Å²) >= 11 is 0. The van der Waals surface area contributed by atoms with Crippen LogP contribution in [0.15, 0.2) is 30.6 Å². The van der Waals surface area contributed by atoms with Gasteiger partial charge in [0.2, 0.25) is 0 Å². The van der Waals surface area contributed by atoms with E-state index in [2.05, 4.69) is 9.84 Å². The average molecular weight is 234 g/mol. The first kappa shape index (κ1) is 11.3. The monoisotopic (exact) mass is 234 g/mol. The largest absolute Gasteiger partial charge is 0.465 e. The molecule has 0 N–H and O–H groups in total. The summed E-state index contributed by atoms with van der Waals surface area (Å²) in [5.41, 5.74) is 1.27. The van der Waals surface area contributed by atoms with Gasteiger partial charge >= 0.3 is 5.97 Å². The maximum Gasteiger partial charge on any atom is 0.337 e. The maximum absolute atomic E-state index is 13.8. The van der Waals surface area contributed by atoms with Crippen LogP contribution in [0.25, 0.3) is 11.1 Å². The highest BCUT2D eigenvalue weighted by molar-refractivity contribution is 5.90. The number of nitrogens with zero attached hydrogens (tertiary/aromatic N) is 2. The van der Waals surface area contributed by atoms with Crippen LogP contribution in [0.5, 0.6) is 0 Å². The molecule has 1 aromatic carbocycles. The first-order valence-electron chi connectivity index (χ1n) is 4.98. The van der Waals surface area contributed by atoms with Crippen molar-refractivity contribution in [3.05, 3.63) is 42.0 Å². The van der Waals surface area contributed by atoms with Gasteiger partial charge in [-0.05, 0) is 12.1 Å². The lowest BCUT2D eigenvalue weighted by molar-refractivity contribution is 0.0600. The topological polar surface area (TPSA) is 44.1 Å². The predicted molar refractivity (Wildman–Crippen MR) is 59.9 cm³/mol. The standard InChI is InChI=1S/C12H11FN2O2/c1-15-7-9(6-14-15)10-4-3-8(5-11(10)13)12(16)17-2/h3-7H,1-2H3. The zero-order chi connectivity index (χ0) is 12.4. The van der Waals surface area contributed by atoms with Gasteiger partial charge in [0.05, 0.1) is 18.9 Å². The molecule has 0 bridgehead atoms. The molecule has 88 valence electrons. The molecule has 0 saturated heterocycles. The molecule has 2 aromatic rings. The van der Waals surface area contributed by atoms with E-state index in [-0.39, 0.29) is 5.56 Å². The summed E-state index contributed by atoms with van der Waals surface area (Å²) < 4.78 is 19.9. The molecule has 17 heavy (non-hydrogen) atoms. The molecule has 0 atom stereocenters. The number of halogens is 1. The van der Waals surface area contributed by atoms with Gasteiger partial charge in [0.15, 0.2) is 0 Å². The molecule has 0 aliphatic carbocycles. The number of benzene rings is 1. The minimum absolute atomic E-state index is 0.192. The zero-order valence-electron chi connectivity index (χ0n) is 9.48. The summed E-state index contributed by atoms with van der Waals surface area (Å²) in [5.74, 6) is -1.03. The van der Waals surface area contributed by atoms with Crippen molar-refractivity contribution in [1.82, 2.24) is 9.78 Å². The molecule has 0 spiro atoms. The van der Waals surface area contributed by atoms with Crippen molar-refractivity contribution < 1.29 is 13.9 Å². The molecular weight excluding hydrogens is 223 g/mol. The van der Waals surface area contributed by atoms with Crippen molar-refractivity contribution in [2.45, 2.75) is 0 Å². The molecule has 0 radical (unpaired) electrons. The van der Waals surface area contributed by atoms with Crippen LogP contribution in [0, 0.1) is 5.82 Å². The second-order valence-electron chi connectivity index (χ2n) is 3.59. The summed E-state index contributed by atoms with van der Waals surface area (Å²) in [5, 5.41) is 3.97. The Morgan fingerprint density at radius 2 is 2.24 bits per heavy atom. The highest BCUT2D eigenvalue weighted by Crippen LogP contribution is 2.23. The van der Waals surface area contributed by atoms with E-state index in [0.717, 1.165) is 6.07 Å². The van der Waals surface area contributed by atoms with E-state index in [4.69, 9.17) is 0 Å². The molecule has 1 aromatic heterocycles. The fourth-order valence-electron chi connectivity index (χ4n) is 1.55. The molecule has 0 aliphatic rings. The number of ether oxygens (including phenoxy) is 1. The van der Waals surface area contributed by atoms with Crippen LogP contribution in [-0.2, 0) is 11.8 Å². The minimum atomic E-state index is -0.554. The lowest BCUT2D eigenvalue weighted by Gasteiger charge is -2.03. The molecule has 0 aliphatic heterocycles. The lowest BCUT2D eigenvalue weighted by atomic mass is 10.1. The maximum atomic E-state index is 13.8. The number of carbonyl (C=O) groups excluding carboxylic acids is 1. The quantitative estimate of drug-likeness (QED) is 0.746. The van der Waals surface area contributed by atoms with Crippen molar-refractivity contribution in [1.29, 1.82) is 0 Å². The molecule has 0 saturated carbocycles. The average Bonchev–Trinajstić information content (AvgIpc) is 2.74. The SMILES string of the molecule is COC(=O)c1ccc(-c2cnn(C)c2)c(F)c1. The number of hydrogen-bond donors (Lipinski definition) is 0. The first-order chi connectivity index (χ1) is 8.11. The second kappa shape index (κ2) is 4.37. The van der Waals surface area contributed by atoms with Gasteiger partial charge in [-0.1, -0.05) is 6.07 Å². The summed E-state index contributed by atoms with van der Waals surface area (Å²) in [6, 6.07) is 4.23. The number of carbonyl (C=O) groups is 1. The van der Waals surface area contributed by atoms with Crippen molar-refractivity contribution in [3.8, 4) is 11.1 Å². The van der Waals surface area contributed by atoms with Crippen LogP contribution in [0.4, 0.5) is 4.39 Å². The zero-order valence-corrected chi connectivity index (χ0v) is 9.48. The number of aromatic nitrogens is 2. The van der Waals surface area contributed by atoms with E-state index in [9.17, 15) is 9.18 Å². The number of methoxy groups -OCH3 is 1. The molecule has 5 heteroatoms. The molecule has 0 amide bonds. The number of rotatable bonds is 2. The number of hydrogen-bond acceptors (Lipinski definition) is 3. The second-order valence-corrected chi connectivity index (χ2v) is 3.59. The molecule has 0 fully saturated rings. The van der Waals surface area contributed by atoms with Crippen LogP contribution in [0.2, 0.25) is 0 Å². The van der Waals surface area contributed by atoms with Crippen molar-refractivity contribution >= 4 is 5.97 Å². The third-order valence-corrected chi connectivity index (χ3v) is 2.41. The van der Waals surface area contributed by atoms with Crippen molar-refractivity contribution in [2.24, 2.45) is 7.05 Å². The van der Waals surface area contributed by atoms with E-state index >= 15 is 0 Å². The highest BCUT2D eigenvalue weighted by atomic mass is 19.1. The third-order valence-electron chi connectivity index (χ3n) is 2.41. The first-order valence-corrected chi connectivity index (χ1v) is 4.98. The van der Waals surface area contributed by atoms with Gasteiger partial charge in [0, 0.05) is 24.4 Å². The summed E-state index contributed by atoms with van der Waals surface area (Å²) in [7, 11) is 3.01. The molecule has 1 heterocycles. The summed E-state index contributed by atoms with van der Waals surface area (Å²) in [4.78, 5) is 11.2. The Labute approximate surface area is 97.6 Å². The Hall–Kier alpha value is -2.17. The summed E-state index contributed by atoms with van der Waals surface area (Å²) in [6.45, 7) is 0.